The molecule has 0 saturated carbocycles. The van der Waals surface area contributed by atoms with Gasteiger partial charge in [-0.25, -0.2) is 9.98 Å². The third-order valence-corrected chi connectivity index (χ3v) is 3.96. The Bertz CT molecular complexity index is 464. The van der Waals surface area contributed by atoms with E-state index in [1.807, 2.05) is 30.8 Å². The van der Waals surface area contributed by atoms with Gasteiger partial charge in [-0.2, -0.15) is 11.8 Å². The lowest BCUT2D eigenvalue weighted by Gasteiger charge is -2.27. The molecular weight excluding hydrogens is 387 g/mol. The third-order valence-electron chi connectivity index (χ3n) is 3.02. The van der Waals surface area contributed by atoms with Crippen molar-refractivity contribution in [1.82, 2.24) is 9.88 Å². The second-order valence-corrected chi connectivity index (χ2v) is 5.62. The molecule has 2 N–H and O–H groups in total. The average Bonchev–Trinajstić information content (AvgIpc) is 2.46. The molecule has 7 heteroatoms. The summed E-state index contributed by atoms with van der Waals surface area (Å²) >= 11 is 1.96. The number of nitrogens with zero attached hydrogens (tertiary/aromatic N) is 3. The molecule has 1 saturated heterocycles. The fourth-order valence-electron chi connectivity index (χ4n) is 1.92. The summed E-state index contributed by atoms with van der Waals surface area (Å²) in [6, 6.07) is 3.95. The third kappa shape index (κ3) is 4.69. The number of pyridine rings is 1. The lowest BCUT2D eigenvalue weighted by atomic mass is 10.2. The van der Waals surface area contributed by atoms with Gasteiger partial charge in [0, 0.05) is 35.9 Å². The number of methoxy groups -OCH3 is 1. The Kier molecular flexibility index (Phi) is 7.42. The molecule has 1 aromatic rings. The van der Waals surface area contributed by atoms with Crippen molar-refractivity contribution in [2.24, 2.45) is 10.7 Å². The Hall–Kier alpha value is -0.700. The summed E-state index contributed by atoms with van der Waals surface area (Å²) in [5.41, 5.74) is 7.92. The number of ether oxygens (including phenoxy) is 1. The first-order chi connectivity index (χ1) is 9.20. The summed E-state index contributed by atoms with van der Waals surface area (Å²) in [4.78, 5) is 10.9. The number of aromatic nitrogens is 1. The number of rotatable bonds is 3. The van der Waals surface area contributed by atoms with E-state index in [1.165, 1.54) is 0 Å². The predicted octanol–water partition coefficient (Wildman–Crippen LogP) is 1.88. The predicted molar refractivity (Wildman–Crippen MR) is 95.2 cm³/mol. The largest absolute Gasteiger partial charge is 0.481 e. The number of guanidine groups is 1. The highest BCUT2D eigenvalue weighted by Gasteiger charge is 2.12. The molecule has 0 aliphatic carbocycles. The van der Waals surface area contributed by atoms with Crippen LogP contribution in [0.25, 0.3) is 0 Å². The molecule has 2 rings (SSSR count). The minimum absolute atomic E-state index is 0. The van der Waals surface area contributed by atoms with E-state index in [-0.39, 0.29) is 24.0 Å². The number of halogens is 1. The number of nitrogens with two attached hydrogens (primary N) is 1. The molecule has 112 valence electrons. The molecule has 0 unspecified atom stereocenters. The van der Waals surface area contributed by atoms with Crippen LogP contribution in [0.1, 0.15) is 11.3 Å². The van der Waals surface area contributed by atoms with E-state index < -0.39 is 0 Å². The normalized spacial score (nSPS) is 15.7. The molecule has 0 spiro atoms. The van der Waals surface area contributed by atoms with Gasteiger partial charge < -0.3 is 15.4 Å². The Balaban J connectivity index is 0.00000200. The van der Waals surface area contributed by atoms with Gasteiger partial charge in [0.2, 0.25) is 5.88 Å². The first-order valence-electron chi connectivity index (χ1n) is 6.34. The van der Waals surface area contributed by atoms with Crippen LogP contribution in [0.4, 0.5) is 0 Å². The van der Waals surface area contributed by atoms with Crippen LogP contribution in [0.2, 0.25) is 0 Å². The van der Waals surface area contributed by atoms with Crippen molar-refractivity contribution in [1.29, 1.82) is 0 Å². The maximum atomic E-state index is 6.02. The molecule has 1 aromatic heterocycles. The van der Waals surface area contributed by atoms with Gasteiger partial charge in [0.25, 0.3) is 0 Å². The number of aliphatic imine (C=N–C) groups is 1. The zero-order valence-corrected chi connectivity index (χ0v) is 15.0. The van der Waals surface area contributed by atoms with E-state index in [9.17, 15) is 0 Å². The van der Waals surface area contributed by atoms with Crippen LogP contribution in [0, 0.1) is 6.92 Å². The maximum Gasteiger partial charge on any atom is 0.218 e. The van der Waals surface area contributed by atoms with E-state index in [1.54, 1.807) is 7.11 Å². The van der Waals surface area contributed by atoms with Crippen molar-refractivity contribution in [2.75, 3.05) is 31.7 Å². The smallest absolute Gasteiger partial charge is 0.218 e. The van der Waals surface area contributed by atoms with Crippen molar-refractivity contribution in [3.05, 3.63) is 23.4 Å². The van der Waals surface area contributed by atoms with Crippen molar-refractivity contribution >= 4 is 41.7 Å². The Morgan fingerprint density at radius 3 is 2.80 bits per heavy atom. The maximum absolute atomic E-state index is 6.02. The Labute approximate surface area is 141 Å². The molecule has 20 heavy (non-hydrogen) atoms. The van der Waals surface area contributed by atoms with Gasteiger partial charge in [0.15, 0.2) is 5.96 Å². The molecule has 5 nitrogen and oxygen atoms in total. The number of hydrogen-bond acceptors (Lipinski definition) is 4. The summed E-state index contributed by atoms with van der Waals surface area (Å²) in [5, 5.41) is 0. The van der Waals surface area contributed by atoms with Crippen molar-refractivity contribution in [2.45, 2.75) is 13.5 Å². The molecule has 1 fully saturated rings. The molecule has 1 aliphatic rings. The van der Waals surface area contributed by atoms with Gasteiger partial charge in [0.05, 0.1) is 13.7 Å². The second kappa shape index (κ2) is 8.56. The highest BCUT2D eigenvalue weighted by Crippen LogP contribution is 2.17. The number of aryl methyl sites for hydroxylation is 1. The van der Waals surface area contributed by atoms with Gasteiger partial charge in [-0.15, -0.1) is 24.0 Å². The lowest BCUT2D eigenvalue weighted by Crippen LogP contribution is -2.42. The summed E-state index contributed by atoms with van der Waals surface area (Å²) in [6.45, 7) is 4.40. The number of thioether (sulfide) groups is 1. The monoisotopic (exact) mass is 408 g/mol. The van der Waals surface area contributed by atoms with E-state index in [4.69, 9.17) is 10.5 Å². The summed E-state index contributed by atoms with van der Waals surface area (Å²) in [6.07, 6.45) is 0. The zero-order chi connectivity index (χ0) is 13.7. The van der Waals surface area contributed by atoms with Crippen molar-refractivity contribution < 1.29 is 4.74 Å². The van der Waals surface area contributed by atoms with Crippen LogP contribution in [0.15, 0.2) is 17.1 Å². The van der Waals surface area contributed by atoms with Crippen molar-refractivity contribution in [3.8, 4) is 5.88 Å². The van der Waals surface area contributed by atoms with Crippen molar-refractivity contribution in [3.63, 3.8) is 0 Å². The Morgan fingerprint density at radius 1 is 1.45 bits per heavy atom. The van der Waals surface area contributed by atoms with Gasteiger partial charge in [-0.3, -0.25) is 0 Å². The molecule has 0 amide bonds. The van der Waals surface area contributed by atoms with Crippen LogP contribution in [0.3, 0.4) is 0 Å². The van der Waals surface area contributed by atoms with E-state index in [2.05, 4.69) is 14.9 Å². The highest BCUT2D eigenvalue weighted by molar-refractivity contribution is 14.0. The van der Waals surface area contributed by atoms with Gasteiger partial charge >= 0.3 is 0 Å². The minimum atomic E-state index is 0. The molecule has 0 atom stereocenters. The van der Waals surface area contributed by atoms with Crippen LogP contribution >= 0.6 is 35.7 Å². The first-order valence-corrected chi connectivity index (χ1v) is 7.49. The standard InChI is InChI=1S/C13H20N4OS.HI/c1-10-3-4-11(12(16-10)18-2)9-15-13(14)17-5-7-19-8-6-17;/h3-4H,5-9H2,1-2H3,(H2,14,15);1H. The SMILES string of the molecule is COc1nc(C)ccc1CN=C(N)N1CCSCC1.I. The highest BCUT2D eigenvalue weighted by atomic mass is 127. The Morgan fingerprint density at radius 2 is 2.15 bits per heavy atom. The van der Waals surface area contributed by atoms with Gasteiger partial charge in [-0.05, 0) is 19.1 Å². The first kappa shape index (κ1) is 17.4. The summed E-state index contributed by atoms with van der Waals surface area (Å²) < 4.78 is 5.27. The minimum Gasteiger partial charge on any atom is -0.481 e. The van der Waals surface area contributed by atoms with Crippen LogP contribution in [0.5, 0.6) is 5.88 Å². The molecule has 0 radical (unpaired) electrons. The molecule has 0 aromatic carbocycles. The van der Waals surface area contributed by atoms with E-state index in [0.717, 1.165) is 35.9 Å². The molecular formula is C13H21IN4OS. The lowest BCUT2D eigenvalue weighted by molar-refractivity contribution is 0.391. The fourth-order valence-corrected chi connectivity index (χ4v) is 2.82. The quantitative estimate of drug-likeness (QED) is 0.470. The summed E-state index contributed by atoms with van der Waals surface area (Å²) in [7, 11) is 1.63. The topological polar surface area (TPSA) is 63.7 Å². The number of hydrogen-bond donors (Lipinski definition) is 1. The van der Waals surface area contributed by atoms with Crippen LogP contribution in [-0.4, -0.2) is 47.5 Å². The fraction of sp³-hybridized carbons (Fsp3) is 0.538. The summed E-state index contributed by atoms with van der Waals surface area (Å²) in [5.74, 6) is 3.48. The van der Waals surface area contributed by atoms with Gasteiger partial charge in [-0.1, -0.05) is 0 Å². The zero-order valence-electron chi connectivity index (χ0n) is 11.8. The molecule has 0 bridgehead atoms. The van der Waals surface area contributed by atoms with Crippen LogP contribution in [-0.2, 0) is 6.54 Å². The molecule has 1 aliphatic heterocycles. The van der Waals surface area contributed by atoms with E-state index in [0.29, 0.717) is 18.4 Å². The van der Waals surface area contributed by atoms with Crippen LogP contribution < -0.4 is 10.5 Å². The van der Waals surface area contributed by atoms with Gasteiger partial charge in [0.1, 0.15) is 0 Å². The molecule has 2 heterocycles. The van der Waals surface area contributed by atoms with E-state index >= 15 is 0 Å². The second-order valence-electron chi connectivity index (χ2n) is 4.39. The average molecular weight is 408 g/mol.